The molecule has 1 aliphatic heterocycles. The van der Waals surface area contributed by atoms with E-state index in [-0.39, 0.29) is 19.4 Å². The second-order valence-electron chi connectivity index (χ2n) is 14.3. The summed E-state index contributed by atoms with van der Waals surface area (Å²) in [6.45, 7) is 4.46. The third-order valence-corrected chi connectivity index (χ3v) is 10.1. The normalized spacial score (nSPS) is 18.8. The van der Waals surface area contributed by atoms with Crippen LogP contribution in [0.15, 0.2) is 60.8 Å². The second kappa shape index (κ2) is 33.7. The number of phosphoric acid groups is 1. The molecule has 0 bridgehead atoms. The van der Waals surface area contributed by atoms with Crippen molar-refractivity contribution >= 4 is 19.8 Å². The maximum Gasteiger partial charge on any atom is 0.472 e. The number of aliphatic hydroxyl groups excluding tert-OH is 2. The SMILES string of the molecule is CC/C=C\CC1OC1C/C=C\C/C=C\C/C=C\C/C=C\CCC(=O)O[C@H](COC(=O)CCCCCCCCCCC(C)CC)COP(=O)(O)OC[C@@H](O)CO. The number of epoxide rings is 1. The maximum absolute atomic E-state index is 12.6. The van der Waals surface area contributed by atoms with Gasteiger partial charge in [-0.25, -0.2) is 4.57 Å². The highest BCUT2D eigenvalue weighted by molar-refractivity contribution is 7.47. The van der Waals surface area contributed by atoms with Crippen LogP contribution in [0.3, 0.4) is 0 Å². The van der Waals surface area contributed by atoms with Crippen molar-refractivity contribution in [1.29, 1.82) is 0 Å². The maximum atomic E-state index is 12.6. The molecule has 0 radical (unpaired) electrons. The van der Waals surface area contributed by atoms with Gasteiger partial charge in [0.2, 0.25) is 0 Å². The Morgan fingerprint density at radius 3 is 1.85 bits per heavy atom. The van der Waals surface area contributed by atoms with Gasteiger partial charge in [0.05, 0.1) is 32.0 Å². The molecule has 1 heterocycles. The average Bonchev–Trinajstić information content (AvgIpc) is 3.93. The molecule has 3 N–H and O–H groups in total. The van der Waals surface area contributed by atoms with E-state index in [2.05, 4.69) is 73.9 Å². The lowest BCUT2D eigenvalue weighted by atomic mass is 9.99. The lowest BCUT2D eigenvalue weighted by molar-refractivity contribution is -0.161. The molecule has 0 aromatic rings. The van der Waals surface area contributed by atoms with Gasteiger partial charge in [0.15, 0.2) is 6.10 Å². The molecule has 0 spiro atoms. The van der Waals surface area contributed by atoms with E-state index in [0.29, 0.717) is 25.0 Å². The van der Waals surface area contributed by atoms with Gasteiger partial charge >= 0.3 is 19.8 Å². The summed E-state index contributed by atoms with van der Waals surface area (Å²) in [6.07, 6.45) is 36.8. The van der Waals surface area contributed by atoms with Gasteiger partial charge in [0.25, 0.3) is 0 Å². The molecule has 0 aromatic carbocycles. The first-order valence-corrected chi connectivity index (χ1v) is 22.3. The number of hydrogen-bond acceptors (Lipinski definition) is 10. The van der Waals surface area contributed by atoms with Crippen molar-refractivity contribution in [3.63, 3.8) is 0 Å². The molecule has 316 valence electrons. The average molecular weight is 797 g/mol. The van der Waals surface area contributed by atoms with Crippen LogP contribution in [0.2, 0.25) is 0 Å². The summed E-state index contributed by atoms with van der Waals surface area (Å²) in [5.41, 5.74) is 0. The highest BCUT2D eigenvalue weighted by Crippen LogP contribution is 2.43. The predicted octanol–water partition coefficient (Wildman–Crippen LogP) is 9.56. The summed E-state index contributed by atoms with van der Waals surface area (Å²) in [5, 5.41) is 18.3. The summed E-state index contributed by atoms with van der Waals surface area (Å²) in [7, 11) is -4.64. The quantitative estimate of drug-likeness (QED) is 0.0182. The van der Waals surface area contributed by atoms with Crippen molar-refractivity contribution in [3.8, 4) is 0 Å². The minimum Gasteiger partial charge on any atom is -0.462 e. The van der Waals surface area contributed by atoms with Crippen molar-refractivity contribution in [2.45, 2.75) is 167 Å². The van der Waals surface area contributed by atoms with Crippen molar-refractivity contribution in [3.05, 3.63) is 60.8 Å². The lowest BCUT2D eigenvalue weighted by Crippen LogP contribution is -2.29. The molecule has 11 nitrogen and oxygen atoms in total. The van der Waals surface area contributed by atoms with Crippen LogP contribution in [0.5, 0.6) is 0 Å². The number of aliphatic hydroxyl groups is 2. The molecular weight excluding hydrogens is 723 g/mol. The number of ether oxygens (including phenoxy) is 3. The summed E-state index contributed by atoms with van der Waals surface area (Å²) in [4.78, 5) is 34.9. The van der Waals surface area contributed by atoms with E-state index in [1.54, 1.807) is 0 Å². The summed E-state index contributed by atoms with van der Waals surface area (Å²) < 4.78 is 38.2. The Bertz CT molecular complexity index is 1180. The van der Waals surface area contributed by atoms with Gasteiger partial charge in [0.1, 0.15) is 12.7 Å². The van der Waals surface area contributed by atoms with Crippen LogP contribution in [-0.2, 0) is 37.4 Å². The monoisotopic (exact) mass is 796 g/mol. The van der Waals surface area contributed by atoms with Crippen molar-refractivity contribution in [2.24, 2.45) is 5.92 Å². The summed E-state index contributed by atoms with van der Waals surface area (Å²) in [6, 6.07) is 0. The molecule has 0 amide bonds. The number of esters is 2. The summed E-state index contributed by atoms with van der Waals surface area (Å²) >= 11 is 0. The van der Waals surface area contributed by atoms with Gasteiger partial charge in [0, 0.05) is 12.8 Å². The minimum atomic E-state index is -4.64. The molecule has 12 heteroatoms. The molecule has 6 atom stereocenters. The molecular formula is C43H73O11P. The van der Waals surface area contributed by atoms with Crippen LogP contribution >= 0.6 is 7.82 Å². The molecule has 1 fully saturated rings. The van der Waals surface area contributed by atoms with Crippen LogP contribution in [-0.4, -0.2) is 77.9 Å². The fourth-order valence-corrected chi connectivity index (χ4v) is 6.24. The summed E-state index contributed by atoms with van der Waals surface area (Å²) in [5.74, 6) is -0.227. The zero-order valence-electron chi connectivity index (χ0n) is 34.0. The van der Waals surface area contributed by atoms with Crippen LogP contribution in [0.25, 0.3) is 0 Å². The number of allylic oxidation sites excluding steroid dienone is 8. The first-order valence-electron chi connectivity index (χ1n) is 20.8. The van der Waals surface area contributed by atoms with Gasteiger partial charge in [-0.1, -0.05) is 139 Å². The highest BCUT2D eigenvalue weighted by Gasteiger charge is 2.36. The first kappa shape index (κ1) is 50.6. The van der Waals surface area contributed by atoms with Crippen LogP contribution < -0.4 is 0 Å². The van der Waals surface area contributed by atoms with Crippen LogP contribution in [0.1, 0.15) is 143 Å². The lowest BCUT2D eigenvalue weighted by Gasteiger charge is -2.20. The first-order chi connectivity index (χ1) is 26.6. The second-order valence-corrected chi connectivity index (χ2v) is 15.7. The molecule has 0 aliphatic carbocycles. The Hall–Kier alpha value is -2.37. The molecule has 0 saturated carbocycles. The molecule has 1 aliphatic rings. The van der Waals surface area contributed by atoms with E-state index in [9.17, 15) is 24.2 Å². The van der Waals surface area contributed by atoms with E-state index in [0.717, 1.165) is 63.7 Å². The number of unbranched alkanes of at least 4 members (excludes halogenated alkanes) is 7. The molecule has 1 saturated heterocycles. The number of carbonyl (C=O) groups is 2. The predicted molar refractivity (Wildman–Crippen MR) is 218 cm³/mol. The fraction of sp³-hybridized carbons (Fsp3) is 0.721. The Balaban J connectivity index is 2.33. The van der Waals surface area contributed by atoms with Gasteiger partial charge in [-0.2, -0.15) is 0 Å². The van der Waals surface area contributed by atoms with Gasteiger partial charge in [-0.3, -0.25) is 18.6 Å². The molecule has 0 aromatic heterocycles. The van der Waals surface area contributed by atoms with Gasteiger partial charge in [-0.05, 0) is 57.3 Å². The van der Waals surface area contributed by atoms with Crippen LogP contribution in [0.4, 0.5) is 0 Å². The molecule has 4 unspecified atom stereocenters. The number of hydrogen-bond donors (Lipinski definition) is 3. The highest BCUT2D eigenvalue weighted by atomic mass is 31.2. The Kier molecular flexibility index (Phi) is 31.1. The number of phosphoric ester groups is 1. The van der Waals surface area contributed by atoms with Crippen molar-refractivity contribution in [1.82, 2.24) is 0 Å². The largest absolute Gasteiger partial charge is 0.472 e. The van der Waals surface area contributed by atoms with E-state index in [1.165, 1.54) is 38.5 Å². The number of carbonyl (C=O) groups excluding carboxylic acids is 2. The van der Waals surface area contributed by atoms with E-state index < -0.39 is 51.8 Å². The minimum absolute atomic E-state index is 0.0538. The fourth-order valence-electron chi connectivity index (χ4n) is 5.45. The van der Waals surface area contributed by atoms with Gasteiger partial charge in [-0.15, -0.1) is 0 Å². The van der Waals surface area contributed by atoms with Gasteiger partial charge < -0.3 is 29.3 Å². The van der Waals surface area contributed by atoms with Crippen molar-refractivity contribution < 1.29 is 52.5 Å². The van der Waals surface area contributed by atoms with Crippen molar-refractivity contribution in [2.75, 3.05) is 26.4 Å². The Morgan fingerprint density at radius 2 is 1.25 bits per heavy atom. The van der Waals surface area contributed by atoms with Crippen LogP contribution in [0, 0.1) is 5.92 Å². The van der Waals surface area contributed by atoms with E-state index in [1.807, 2.05) is 12.2 Å². The Morgan fingerprint density at radius 1 is 0.709 bits per heavy atom. The van der Waals surface area contributed by atoms with E-state index >= 15 is 0 Å². The molecule has 55 heavy (non-hydrogen) atoms. The van der Waals surface area contributed by atoms with E-state index in [4.69, 9.17) is 23.8 Å². The zero-order chi connectivity index (χ0) is 40.4. The number of rotatable bonds is 36. The smallest absolute Gasteiger partial charge is 0.462 e. The topological polar surface area (TPSA) is 161 Å². The third kappa shape index (κ3) is 31.4. The molecule has 1 rings (SSSR count). The third-order valence-electron chi connectivity index (χ3n) is 9.14. The standard InChI is InChI=1S/C43H73O11P/c1-4-6-23-29-40-41(54-40)30-25-20-16-11-9-7-8-10-12-18-22-27-32-43(47)53-39(36-52-55(48,49)51-34-38(45)33-44)35-50-42(46)31-26-21-17-14-13-15-19-24-28-37(3)5-2/h6,8-11,18,20,22-23,25,37-41,44-45H,4-5,7,12-17,19,21,24,26-36H2,1-3H3,(H,48,49)/b10-8-,11-9-,22-18-,23-6-,25-20-/t37?,38-,39+,40?,41?/m0/s1. The Labute approximate surface area is 331 Å². The zero-order valence-corrected chi connectivity index (χ0v) is 34.9.